The number of nitrogens with one attached hydrogen (secondary N) is 1. The third-order valence-electron chi connectivity index (χ3n) is 2.98. The summed E-state index contributed by atoms with van der Waals surface area (Å²) in [7, 11) is 0. The molecule has 2 N–H and O–H groups in total. The second-order valence-electron chi connectivity index (χ2n) is 4.87. The van der Waals surface area contributed by atoms with Crippen molar-refractivity contribution in [3.05, 3.63) is 39.9 Å². The Bertz CT molecular complexity index is 444. The van der Waals surface area contributed by atoms with Crippen LogP contribution in [0.5, 0.6) is 0 Å². The van der Waals surface area contributed by atoms with Crippen molar-refractivity contribution in [1.29, 1.82) is 0 Å². The summed E-state index contributed by atoms with van der Waals surface area (Å²) in [4.78, 5) is 10.1. The molecule has 0 radical (unpaired) electrons. The molecular formula is C12H16N2O4. The van der Waals surface area contributed by atoms with Crippen LogP contribution in [0.1, 0.15) is 25.5 Å². The number of hydrogen-bond acceptors (Lipinski definition) is 5. The summed E-state index contributed by atoms with van der Waals surface area (Å²) in [6.07, 6.45) is -0.743. The Balaban J connectivity index is 2.10. The molecule has 2 atom stereocenters. The van der Waals surface area contributed by atoms with Gasteiger partial charge in [-0.2, -0.15) is 0 Å². The Morgan fingerprint density at radius 1 is 1.50 bits per heavy atom. The Hall–Kier alpha value is -1.50. The number of benzene rings is 1. The van der Waals surface area contributed by atoms with E-state index >= 15 is 0 Å². The number of nitro groups is 1. The lowest BCUT2D eigenvalue weighted by molar-refractivity contribution is -0.384. The van der Waals surface area contributed by atoms with E-state index < -0.39 is 16.8 Å². The van der Waals surface area contributed by atoms with Gasteiger partial charge in [0.2, 0.25) is 0 Å². The van der Waals surface area contributed by atoms with Crippen molar-refractivity contribution in [3.63, 3.8) is 0 Å². The van der Waals surface area contributed by atoms with Gasteiger partial charge in [-0.3, -0.25) is 15.4 Å². The molecule has 1 aliphatic heterocycles. The van der Waals surface area contributed by atoms with E-state index in [0.717, 1.165) is 0 Å². The number of aliphatic hydroxyl groups is 1. The molecule has 1 aromatic carbocycles. The first-order valence-electron chi connectivity index (χ1n) is 5.73. The van der Waals surface area contributed by atoms with Crippen LogP contribution in [0.4, 0.5) is 5.69 Å². The number of aliphatic hydroxyl groups excluding tert-OH is 1. The summed E-state index contributed by atoms with van der Waals surface area (Å²) in [6, 6.07) is 5.70. The van der Waals surface area contributed by atoms with Gasteiger partial charge in [0.25, 0.3) is 5.69 Å². The Labute approximate surface area is 105 Å². The van der Waals surface area contributed by atoms with Gasteiger partial charge in [0.15, 0.2) is 0 Å². The molecule has 1 aromatic rings. The highest BCUT2D eigenvalue weighted by Crippen LogP contribution is 2.26. The second kappa shape index (κ2) is 4.64. The van der Waals surface area contributed by atoms with Crippen LogP contribution in [0.2, 0.25) is 0 Å². The summed E-state index contributed by atoms with van der Waals surface area (Å²) in [5, 5.41) is 23.9. The number of nitro benzene ring substituents is 1. The predicted molar refractivity (Wildman–Crippen MR) is 65.0 cm³/mol. The van der Waals surface area contributed by atoms with Gasteiger partial charge in [-0.1, -0.05) is 0 Å². The molecule has 98 valence electrons. The third-order valence-corrected chi connectivity index (χ3v) is 2.98. The van der Waals surface area contributed by atoms with Crippen molar-refractivity contribution in [2.75, 3.05) is 6.61 Å². The van der Waals surface area contributed by atoms with E-state index in [1.165, 1.54) is 12.1 Å². The number of nitrogens with zero attached hydrogens (tertiary/aromatic N) is 1. The molecule has 2 rings (SSSR count). The van der Waals surface area contributed by atoms with E-state index in [4.69, 9.17) is 4.74 Å². The predicted octanol–water partition coefficient (Wildman–Crippen LogP) is 1.35. The first kappa shape index (κ1) is 12.9. The molecule has 18 heavy (non-hydrogen) atoms. The fraction of sp³-hybridized carbons (Fsp3) is 0.500. The van der Waals surface area contributed by atoms with Crippen molar-refractivity contribution >= 4 is 5.69 Å². The standard InChI is InChI=1S/C12H16N2O4/c1-12(2)13-10(7-18-12)11(15)8-3-5-9(6-4-8)14(16)17/h3-6,10-11,13,15H,7H2,1-2H3/t10-,11-/m0/s1. The van der Waals surface area contributed by atoms with Gasteiger partial charge in [-0.25, -0.2) is 0 Å². The SMILES string of the molecule is CC1(C)N[C@H]([C@@H](O)c2ccc([N+](=O)[O-])cc2)CO1. The van der Waals surface area contributed by atoms with Gasteiger partial charge < -0.3 is 9.84 Å². The van der Waals surface area contributed by atoms with Gasteiger partial charge in [-0.05, 0) is 31.5 Å². The van der Waals surface area contributed by atoms with E-state index in [2.05, 4.69) is 5.32 Å². The van der Waals surface area contributed by atoms with E-state index in [-0.39, 0.29) is 11.7 Å². The number of rotatable bonds is 3. The van der Waals surface area contributed by atoms with Crippen molar-refractivity contribution < 1.29 is 14.8 Å². The van der Waals surface area contributed by atoms with Gasteiger partial charge in [0.1, 0.15) is 5.72 Å². The molecule has 6 nitrogen and oxygen atoms in total. The highest BCUT2D eigenvalue weighted by molar-refractivity contribution is 5.34. The molecule has 1 aliphatic rings. The average Bonchev–Trinajstić information content (AvgIpc) is 2.69. The minimum atomic E-state index is -0.743. The van der Waals surface area contributed by atoms with Crippen molar-refractivity contribution in [2.45, 2.75) is 31.7 Å². The zero-order valence-corrected chi connectivity index (χ0v) is 10.3. The Morgan fingerprint density at radius 3 is 2.56 bits per heavy atom. The van der Waals surface area contributed by atoms with Crippen molar-refractivity contribution in [2.24, 2.45) is 0 Å². The van der Waals surface area contributed by atoms with Crippen LogP contribution in [0.15, 0.2) is 24.3 Å². The molecule has 0 saturated carbocycles. The molecule has 0 amide bonds. The molecular weight excluding hydrogens is 236 g/mol. The van der Waals surface area contributed by atoms with E-state index in [9.17, 15) is 15.2 Å². The molecule has 0 aliphatic carbocycles. The lowest BCUT2D eigenvalue weighted by atomic mass is 10.0. The minimum absolute atomic E-state index is 0.0157. The smallest absolute Gasteiger partial charge is 0.269 e. The van der Waals surface area contributed by atoms with Crippen LogP contribution in [0.25, 0.3) is 0 Å². The first-order chi connectivity index (χ1) is 8.39. The zero-order chi connectivity index (χ0) is 13.3. The average molecular weight is 252 g/mol. The minimum Gasteiger partial charge on any atom is -0.387 e. The highest BCUT2D eigenvalue weighted by Gasteiger charge is 2.35. The summed E-state index contributed by atoms with van der Waals surface area (Å²) in [6.45, 7) is 4.18. The molecule has 0 aromatic heterocycles. The van der Waals surface area contributed by atoms with Crippen LogP contribution >= 0.6 is 0 Å². The summed E-state index contributed by atoms with van der Waals surface area (Å²) in [5.41, 5.74) is 0.202. The molecule has 6 heteroatoms. The largest absolute Gasteiger partial charge is 0.387 e. The van der Waals surface area contributed by atoms with E-state index in [0.29, 0.717) is 12.2 Å². The fourth-order valence-electron chi connectivity index (χ4n) is 2.02. The Morgan fingerprint density at radius 2 is 2.11 bits per heavy atom. The van der Waals surface area contributed by atoms with E-state index in [1.54, 1.807) is 12.1 Å². The highest BCUT2D eigenvalue weighted by atomic mass is 16.6. The lowest BCUT2D eigenvalue weighted by Crippen LogP contribution is -2.41. The maximum atomic E-state index is 10.5. The van der Waals surface area contributed by atoms with Crippen LogP contribution in [0.3, 0.4) is 0 Å². The maximum absolute atomic E-state index is 10.5. The fourth-order valence-corrected chi connectivity index (χ4v) is 2.02. The van der Waals surface area contributed by atoms with Crippen molar-refractivity contribution in [3.8, 4) is 0 Å². The second-order valence-corrected chi connectivity index (χ2v) is 4.87. The van der Waals surface area contributed by atoms with Crippen molar-refractivity contribution in [1.82, 2.24) is 5.32 Å². The first-order valence-corrected chi connectivity index (χ1v) is 5.73. The molecule has 1 heterocycles. The molecule has 0 bridgehead atoms. The van der Waals surface area contributed by atoms with Crippen LogP contribution < -0.4 is 5.32 Å². The zero-order valence-electron chi connectivity index (χ0n) is 10.3. The Kier molecular flexibility index (Phi) is 3.34. The van der Waals surface area contributed by atoms with Gasteiger partial charge in [-0.15, -0.1) is 0 Å². The van der Waals surface area contributed by atoms with Gasteiger partial charge in [0, 0.05) is 12.1 Å². The molecule has 0 unspecified atom stereocenters. The van der Waals surface area contributed by atoms with Crippen LogP contribution in [-0.4, -0.2) is 28.4 Å². The number of hydrogen-bond donors (Lipinski definition) is 2. The lowest BCUT2D eigenvalue weighted by Gasteiger charge is -2.21. The number of non-ortho nitro benzene ring substituents is 1. The summed E-state index contributed by atoms with van der Waals surface area (Å²) < 4.78 is 5.48. The van der Waals surface area contributed by atoms with Crippen LogP contribution in [-0.2, 0) is 4.74 Å². The molecule has 1 fully saturated rings. The van der Waals surface area contributed by atoms with Gasteiger partial charge in [0.05, 0.1) is 23.7 Å². The van der Waals surface area contributed by atoms with Crippen LogP contribution in [0, 0.1) is 10.1 Å². The normalized spacial score (nSPS) is 23.8. The van der Waals surface area contributed by atoms with E-state index in [1.807, 2.05) is 13.8 Å². The van der Waals surface area contributed by atoms with Gasteiger partial charge >= 0.3 is 0 Å². The molecule has 1 saturated heterocycles. The third kappa shape index (κ3) is 2.66. The topological polar surface area (TPSA) is 84.6 Å². The monoisotopic (exact) mass is 252 g/mol. The summed E-state index contributed by atoms with van der Waals surface area (Å²) >= 11 is 0. The maximum Gasteiger partial charge on any atom is 0.269 e. The summed E-state index contributed by atoms with van der Waals surface area (Å²) in [5.74, 6) is 0. The molecule has 0 spiro atoms. The quantitative estimate of drug-likeness (QED) is 0.626. The number of ether oxygens (including phenoxy) is 1.